The topological polar surface area (TPSA) is 92.9 Å². The average Bonchev–Trinajstić information content (AvgIpc) is 3.48. The Hall–Kier alpha value is -4.14. The predicted octanol–water partition coefficient (Wildman–Crippen LogP) is 5.57. The van der Waals surface area contributed by atoms with Gasteiger partial charge in [-0.1, -0.05) is 78.9 Å². The summed E-state index contributed by atoms with van der Waals surface area (Å²) in [5.41, 5.74) is 2.73. The number of carbonyl (C=O) groups excluding carboxylic acids is 1. The highest BCUT2D eigenvalue weighted by molar-refractivity contribution is 7.89. The molecule has 0 radical (unpaired) electrons. The molecule has 1 fully saturated rings. The van der Waals surface area contributed by atoms with E-state index in [0.717, 1.165) is 37.1 Å². The summed E-state index contributed by atoms with van der Waals surface area (Å²) in [5, 5.41) is 5.72. The summed E-state index contributed by atoms with van der Waals surface area (Å²) < 4.78 is 31.9. The van der Waals surface area contributed by atoms with Crippen LogP contribution in [0.2, 0.25) is 0 Å². The maximum absolute atomic E-state index is 14.1. The van der Waals surface area contributed by atoms with Gasteiger partial charge >= 0.3 is 0 Å². The maximum atomic E-state index is 14.1. The minimum absolute atomic E-state index is 0.139. The second-order valence-electron chi connectivity index (χ2n) is 9.61. The minimum atomic E-state index is -4.23. The molecule has 1 aliphatic rings. The first kappa shape index (κ1) is 26.5. The lowest BCUT2D eigenvalue weighted by Gasteiger charge is -2.27. The summed E-state index contributed by atoms with van der Waals surface area (Å²) in [6.45, 7) is 2.18. The van der Waals surface area contributed by atoms with Crippen LogP contribution in [0.3, 0.4) is 0 Å². The largest absolute Gasteiger partial charge is 0.454 e. The number of para-hydroxylation sites is 1. The molecule has 4 aromatic carbocycles. The molecule has 1 saturated heterocycles. The molecule has 0 aromatic heterocycles. The van der Waals surface area contributed by atoms with E-state index in [4.69, 9.17) is 9.88 Å². The molecule has 39 heavy (non-hydrogen) atoms. The number of amides is 1. The van der Waals surface area contributed by atoms with Crippen molar-refractivity contribution in [2.24, 2.45) is 5.14 Å². The van der Waals surface area contributed by atoms with Gasteiger partial charge in [0.1, 0.15) is 10.6 Å². The Bertz CT molecular complexity index is 1480. The monoisotopic (exact) mass is 541 g/mol. The van der Waals surface area contributed by atoms with Crippen molar-refractivity contribution in [2.45, 2.75) is 30.8 Å². The molecule has 0 bridgehead atoms. The van der Waals surface area contributed by atoms with Crippen molar-refractivity contribution in [1.82, 2.24) is 4.90 Å². The Morgan fingerprint density at radius 3 is 1.82 bits per heavy atom. The average molecular weight is 542 g/mol. The quantitative estimate of drug-likeness (QED) is 0.299. The summed E-state index contributed by atoms with van der Waals surface area (Å²) in [5.74, 6) is 0.329. The first-order chi connectivity index (χ1) is 18.9. The Kier molecular flexibility index (Phi) is 7.95. The lowest BCUT2D eigenvalue weighted by Crippen LogP contribution is -2.31. The van der Waals surface area contributed by atoms with Gasteiger partial charge < -0.3 is 14.5 Å². The summed E-state index contributed by atoms with van der Waals surface area (Å²) >= 11 is 0. The third-order valence-corrected chi connectivity index (χ3v) is 7.63. The molecule has 0 saturated carbocycles. The Morgan fingerprint density at radius 1 is 0.795 bits per heavy atom. The molecule has 2 N–H and O–H groups in total. The van der Waals surface area contributed by atoms with Crippen LogP contribution in [0.15, 0.2) is 108 Å². The zero-order valence-corrected chi connectivity index (χ0v) is 22.4. The van der Waals surface area contributed by atoms with Gasteiger partial charge in [-0.15, -0.1) is 0 Å². The van der Waals surface area contributed by atoms with Crippen LogP contribution < -0.4 is 14.8 Å². The van der Waals surface area contributed by atoms with Gasteiger partial charge in [-0.05, 0) is 48.2 Å². The molecule has 1 aliphatic heterocycles. The molecule has 1 heterocycles. The van der Waals surface area contributed by atoms with Crippen LogP contribution in [-0.2, 0) is 23.1 Å². The maximum Gasteiger partial charge on any atom is 0.254 e. The third-order valence-electron chi connectivity index (χ3n) is 6.72. The Balaban J connectivity index is 1.60. The van der Waals surface area contributed by atoms with Crippen LogP contribution in [0.1, 0.15) is 34.3 Å². The molecule has 0 aliphatic carbocycles. The fourth-order valence-electron chi connectivity index (χ4n) is 4.81. The smallest absolute Gasteiger partial charge is 0.254 e. The van der Waals surface area contributed by atoms with Gasteiger partial charge in [0.2, 0.25) is 10.0 Å². The van der Waals surface area contributed by atoms with Gasteiger partial charge in [-0.3, -0.25) is 4.79 Å². The van der Waals surface area contributed by atoms with Gasteiger partial charge in [0, 0.05) is 31.7 Å². The van der Waals surface area contributed by atoms with Crippen LogP contribution in [-0.4, -0.2) is 32.3 Å². The number of hydrogen-bond donors (Lipinski definition) is 1. The van der Waals surface area contributed by atoms with E-state index in [1.165, 1.54) is 6.07 Å². The van der Waals surface area contributed by atoms with Crippen molar-refractivity contribution >= 4 is 21.6 Å². The van der Waals surface area contributed by atoms with Gasteiger partial charge in [-0.25, -0.2) is 13.6 Å². The lowest BCUT2D eigenvalue weighted by atomic mass is 10.1. The lowest BCUT2D eigenvalue weighted by molar-refractivity contribution is 0.0729. The number of nitrogens with two attached hydrogens (primary N) is 1. The molecule has 7 nitrogen and oxygen atoms in total. The van der Waals surface area contributed by atoms with Gasteiger partial charge in [0.15, 0.2) is 5.75 Å². The molecular formula is C31H31N3O4S. The molecule has 8 heteroatoms. The van der Waals surface area contributed by atoms with Crippen molar-refractivity contribution in [3.63, 3.8) is 0 Å². The first-order valence-electron chi connectivity index (χ1n) is 12.9. The van der Waals surface area contributed by atoms with E-state index in [2.05, 4.69) is 4.90 Å². The van der Waals surface area contributed by atoms with E-state index in [1.807, 2.05) is 78.9 Å². The molecule has 5 rings (SSSR count). The Morgan fingerprint density at radius 2 is 1.31 bits per heavy atom. The van der Waals surface area contributed by atoms with E-state index >= 15 is 0 Å². The zero-order chi connectivity index (χ0) is 27.2. The van der Waals surface area contributed by atoms with E-state index < -0.39 is 10.0 Å². The van der Waals surface area contributed by atoms with Crippen molar-refractivity contribution in [2.75, 3.05) is 18.0 Å². The minimum Gasteiger partial charge on any atom is -0.454 e. The van der Waals surface area contributed by atoms with Crippen molar-refractivity contribution in [1.29, 1.82) is 0 Å². The number of anilines is 1. The molecule has 200 valence electrons. The number of rotatable bonds is 9. The normalized spacial score (nSPS) is 13.3. The number of carbonyl (C=O) groups is 1. The van der Waals surface area contributed by atoms with Crippen LogP contribution in [0, 0.1) is 0 Å². The fraction of sp³-hybridized carbons (Fsp3) is 0.194. The predicted molar refractivity (Wildman–Crippen MR) is 152 cm³/mol. The molecule has 1 amide bonds. The second kappa shape index (κ2) is 11.7. The Labute approximate surface area is 229 Å². The van der Waals surface area contributed by atoms with Crippen LogP contribution >= 0.6 is 0 Å². The number of primary sulfonamides is 1. The second-order valence-corrected chi connectivity index (χ2v) is 11.1. The fourth-order valence-corrected chi connectivity index (χ4v) is 5.51. The first-order valence-corrected chi connectivity index (χ1v) is 14.5. The number of sulfonamides is 1. The standard InChI is InChI=1S/C31H31N3O4S/c32-39(36,37)29-21-26(20-28(33-18-10-11-19-33)30(29)38-27-16-8-3-9-17-27)31(35)34(22-24-12-4-1-5-13-24)23-25-14-6-2-7-15-25/h1-9,12-17,20-21H,10-11,18-19,22-23H2,(H2,32,36,37). The molecule has 0 spiro atoms. The van der Waals surface area contributed by atoms with Crippen LogP contribution in [0.5, 0.6) is 11.5 Å². The number of hydrogen-bond acceptors (Lipinski definition) is 5. The summed E-state index contributed by atoms with van der Waals surface area (Å²) in [4.78, 5) is 17.7. The molecule has 0 unspecified atom stereocenters. The summed E-state index contributed by atoms with van der Waals surface area (Å²) in [6.07, 6.45) is 1.92. The summed E-state index contributed by atoms with van der Waals surface area (Å²) in [6, 6.07) is 31.5. The van der Waals surface area contributed by atoms with Crippen molar-refractivity contribution in [3.05, 3.63) is 120 Å². The highest BCUT2D eigenvalue weighted by Crippen LogP contribution is 2.40. The van der Waals surface area contributed by atoms with Gasteiger partial charge in [0.25, 0.3) is 5.91 Å². The third kappa shape index (κ3) is 6.47. The zero-order valence-electron chi connectivity index (χ0n) is 21.6. The van der Waals surface area contributed by atoms with Crippen molar-refractivity contribution < 1.29 is 17.9 Å². The van der Waals surface area contributed by atoms with Gasteiger partial charge in [0.05, 0.1) is 5.69 Å². The van der Waals surface area contributed by atoms with Crippen LogP contribution in [0.4, 0.5) is 5.69 Å². The SMILES string of the molecule is NS(=O)(=O)c1cc(C(=O)N(Cc2ccccc2)Cc2ccccc2)cc(N2CCCC2)c1Oc1ccccc1. The van der Waals surface area contributed by atoms with E-state index in [-0.39, 0.29) is 22.1 Å². The molecule has 0 atom stereocenters. The number of nitrogens with zero attached hydrogens (tertiary/aromatic N) is 2. The molecular weight excluding hydrogens is 510 g/mol. The van der Waals surface area contributed by atoms with Crippen molar-refractivity contribution in [3.8, 4) is 11.5 Å². The van der Waals surface area contributed by atoms with Gasteiger partial charge in [-0.2, -0.15) is 0 Å². The number of ether oxygens (including phenoxy) is 1. The summed E-state index contributed by atoms with van der Waals surface area (Å²) in [7, 11) is -4.23. The number of benzene rings is 4. The highest BCUT2D eigenvalue weighted by atomic mass is 32.2. The molecule has 4 aromatic rings. The van der Waals surface area contributed by atoms with E-state index in [9.17, 15) is 13.2 Å². The highest BCUT2D eigenvalue weighted by Gasteiger charge is 2.29. The van der Waals surface area contributed by atoms with E-state index in [1.54, 1.807) is 23.1 Å². The van der Waals surface area contributed by atoms with Crippen LogP contribution in [0.25, 0.3) is 0 Å². The van der Waals surface area contributed by atoms with E-state index in [0.29, 0.717) is 24.5 Å².